The molecular weight excluding hydrogens is 324 g/mol. The van der Waals surface area contributed by atoms with Crippen LogP contribution in [0, 0.1) is 5.41 Å². The molecule has 0 unspecified atom stereocenters. The number of rotatable bonds is 12. The summed E-state index contributed by atoms with van der Waals surface area (Å²) in [5.74, 6) is 1.69. The van der Waals surface area contributed by atoms with Crippen LogP contribution in [-0.4, -0.2) is 39.6 Å². The summed E-state index contributed by atoms with van der Waals surface area (Å²) in [5, 5.41) is 3.99. The van der Waals surface area contributed by atoms with Gasteiger partial charge in [0, 0.05) is 24.0 Å². The first-order valence-corrected chi connectivity index (χ1v) is 10.2. The van der Waals surface area contributed by atoms with Crippen LogP contribution in [0.4, 0.5) is 0 Å². The first kappa shape index (κ1) is 19.5. The van der Waals surface area contributed by atoms with Crippen molar-refractivity contribution in [3.05, 3.63) is 10.8 Å². The molecule has 2 rings (SSSR count). The molecule has 0 saturated heterocycles. The normalized spacial score (nSPS) is 16.1. The van der Waals surface area contributed by atoms with Gasteiger partial charge in [-0.2, -0.15) is 0 Å². The van der Waals surface area contributed by atoms with Crippen molar-refractivity contribution in [3.63, 3.8) is 0 Å². The Morgan fingerprint density at radius 3 is 1.83 bits per heavy atom. The minimum Gasteiger partial charge on any atom is -0.488 e. The SMILES string of the molecule is CCCCCOCC1(COCCCCC)COc2cscc2OC1. The van der Waals surface area contributed by atoms with E-state index in [1.54, 1.807) is 11.3 Å². The molecule has 1 aliphatic heterocycles. The van der Waals surface area contributed by atoms with Crippen LogP contribution in [0.25, 0.3) is 0 Å². The second-order valence-corrected chi connectivity index (χ2v) is 7.44. The fourth-order valence-electron chi connectivity index (χ4n) is 2.68. The number of hydrogen-bond donors (Lipinski definition) is 0. The molecule has 1 aromatic rings. The molecule has 0 spiro atoms. The number of unbranched alkanes of at least 4 members (excludes halogenated alkanes) is 4. The van der Waals surface area contributed by atoms with Gasteiger partial charge in [-0.15, -0.1) is 11.3 Å². The Morgan fingerprint density at radius 2 is 1.38 bits per heavy atom. The highest BCUT2D eigenvalue weighted by Gasteiger charge is 2.36. The minimum atomic E-state index is -0.227. The molecule has 24 heavy (non-hydrogen) atoms. The lowest BCUT2D eigenvalue weighted by Gasteiger charge is -2.30. The van der Waals surface area contributed by atoms with E-state index in [1.807, 2.05) is 10.8 Å². The van der Waals surface area contributed by atoms with E-state index in [4.69, 9.17) is 18.9 Å². The molecule has 0 N–H and O–H groups in total. The van der Waals surface area contributed by atoms with Crippen molar-refractivity contribution in [3.8, 4) is 11.5 Å². The zero-order valence-electron chi connectivity index (χ0n) is 15.2. The maximum absolute atomic E-state index is 5.99. The third-order valence-corrected chi connectivity index (χ3v) is 4.96. The van der Waals surface area contributed by atoms with Gasteiger partial charge < -0.3 is 18.9 Å². The first-order valence-electron chi connectivity index (χ1n) is 9.27. The van der Waals surface area contributed by atoms with Crippen LogP contribution in [0.3, 0.4) is 0 Å². The van der Waals surface area contributed by atoms with Crippen LogP contribution in [0.2, 0.25) is 0 Å². The van der Waals surface area contributed by atoms with Crippen molar-refractivity contribution in [1.82, 2.24) is 0 Å². The van der Waals surface area contributed by atoms with Crippen LogP contribution in [0.5, 0.6) is 11.5 Å². The average Bonchev–Trinajstić information content (AvgIpc) is 2.98. The highest BCUT2D eigenvalue weighted by Crippen LogP contribution is 2.37. The van der Waals surface area contributed by atoms with Crippen molar-refractivity contribution >= 4 is 11.3 Å². The van der Waals surface area contributed by atoms with E-state index in [2.05, 4.69) is 13.8 Å². The second-order valence-electron chi connectivity index (χ2n) is 6.70. The number of hydrogen-bond acceptors (Lipinski definition) is 5. The molecule has 0 radical (unpaired) electrons. The summed E-state index contributed by atoms with van der Waals surface area (Å²) in [4.78, 5) is 0. The molecule has 0 amide bonds. The van der Waals surface area contributed by atoms with Crippen molar-refractivity contribution in [2.45, 2.75) is 52.4 Å². The van der Waals surface area contributed by atoms with Crippen molar-refractivity contribution in [2.75, 3.05) is 39.6 Å². The molecule has 1 aliphatic rings. The molecule has 2 heterocycles. The number of fused-ring (bicyclic) bond motifs is 1. The van der Waals surface area contributed by atoms with Gasteiger partial charge in [-0.1, -0.05) is 39.5 Å². The van der Waals surface area contributed by atoms with Gasteiger partial charge in [0.1, 0.15) is 13.2 Å². The molecule has 5 heteroatoms. The van der Waals surface area contributed by atoms with Gasteiger partial charge in [0.15, 0.2) is 11.5 Å². The molecule has 1 aromatic heterocycles. The predicted octanol–water partition coefficient (Wildman–Crippen LogP) is 4.92. The van der Waals surface area contributed by atoms with Crippen molar-refractivity contribution in [2.24, 2.45) is 5.41 Å². The summed E-state index contributed by atoms with van der Waals surface area (Å²) in [6.07, 6.45) is 7.06. The fourth-order valence-corrected chi connectivity index (χ4v) is 3.36. The minimum absolute atomic E-state index is 0.227. The average molecular weight is 357 g/mol. The van der Waals surface area contributed by atoms with E-state index >= 15 is 0 Å². The summed E-state index contributed by atoms with van der Waals surface area (Å²) in [7, 11) is 0. The van der Waals surface area contributed by atoms with Gasteiger partial charge in [-0.25, -0.2) is 0 Å². The monoisotopic (exact) mass is 356 g/mol. The Morgan fingerprint density at radius 1 is 0.875 bits per heavy atom. The zero-order chi connectivity index (χ0) is 17.1. The van der Waals surface area contributed by atoms with Crippen LogP contribution < -0.4 is 9.47 Å². The highest BCUT2D eigenvalue weighted by atomic mass is 32.1. The third kappa shape index (κ3) is 6.26. The Kier molecular flexibility index (Phi) is 8.92. The van der Waals surface area contributed by atoms with Crippen LogP contribution >= 0.6 is 11.3 Å². The molecule has 138 valence electrons. The molecule has 0 atom stereocenters. The Hall–Kier alpha value is -0.780. The van der Waals surface area contributed by atoms with Gasteiger partial charge >= 0.3 is 0 Å². The van der Waals surface area contributed by atoms with E-state index < -0.39 is 0 Å². The summed E-state index contributed by atoms with van der Waals surface area (Å²) in [6, 6.07) is 0. The Balaban J connectivity index is 1.84. The number of thiophene rings is 1. The topological polar surface area (TPSA) is 36.9 Å². The van der Waals surface area contributed by atoms with E-state index in [-0.39, 0.29) is 5.41 Å². The maximum atomic E-state index is 5.99. The number of ether oxygens (including phenoxy) is 4. The molecule has 0 fully saturated rings. The summed E-state index contributed by atoms with van der Waals surface area (Å²) in [5.41, 5.74) is -0.227. The molecule has 0 bridgehead atoms. The quantitative estimate of drug-likeness (QED) is 0.498. The molecule has 0 aromatic carbocycles. The summed E-state index contributed by atoms with van der Waals surface area (Å²) >= 11 is 1.61. The highest BCUT2D eigenvalue weighted by molar-refractivity contribution is 7.08. The van der Waals surface area contributed by atoms with Gasteiger partial charge in [0.05, 0.1) is 18.6 Å². The fraction of sp³-hybridized carbons (Fsp3) is 0.789. The summed E-state index contributed by atoms with van der Waals surface area (Å²) in [6.45, 7) is 8.42. The third-order valence-electron chi connectivity index (χ3n) is 4.26. The Labute approximate surface area is 150 Å². The van der Waals surface area contributed by atoms with Gasteiger partial charge in [0.2, 0.25) is 0 Å². The van der Waals surface area contributed by atoms with Gasteiger partial charge in [-0.05, 0) is 12.8 Å². The second kappa shape index (κ2) is 11.0. The van der Waals surface area contributed by atoms with E-state index in [1.165, 1.54) is 25.7 Å². The van der Waals surface area contributed by atoms with E-state index in [9.17, 15) is 0 Å². The first-order chi connectivity index (χ1) is 11.8. The maximum Gasteiger partial charge on any atom is 0.171 e. The van der Waals surface area contributed by atoms with E-state index in [0.717, 1.165) is 37.6 Å². The molecular formula is C19H32O4S. The lowest BCUT2D eigenvalue weighted by Crippen LogP contribution is -2.42. The smallest absolute Gasteiger partial charge is 0.171 e. The van der Waals surface area contributed by atoms with Gasteiger partial charge in [-0.3, -0.25) is 0 Å². The molecule has 0 saturated carbocycles. The Bertz CT molecular complexity index is 408. The lowest BCUT2D eigenvalue weighted by atomic mass is 9.92. The van der Waals surface area contributed by atoms with E-state index in [0.29, 0.717) is 26.4 Å². The van der Waals surface area contributed by atoms with Crippen LogP contribution in [-0.2, 0) is 9.47 Å². The molecule has 4 nitrogen and oxygen atoms in total. The largest absolute Gasteiger partial charge is 0.488 e. The molecule has 0 aliphatic carbocycles. The van der Waals surface area contributed by atoms with Crippen LogP contribution in [0.1, 0.15) is 52.4 Å². The standard InChI is InChI=1S/C19H32O4S/c1-3-5-7-9-20-13-19(14-21-10-8-6-4-2)15-22-17-11-24-12-18(17)23-16-19/h11-12H,3-10,13-16H2,1-2H3. The van der Waals surface area contributed by atoms with Crippen LogP contribution in [0.15, 0.2) is 10.8 Å². The lowest BCUT2D eigenvalue weighted by molar-refractivity contribution is -0.0605. The summed E-state index contributed by atoms with van der Waals surface area (Å²) < 4.78 is 23.9. The predicted molar refractivity (Wildman–Crippen MR) is 98.4 cm³/mol. The van der Waals surface area contributed by atoms with Crippen molar-refractivity contribution in [1.29, 1.82) is 0 Å². The van der Waals surface area contributed by atoms with Gasteiger partial charge in [0.25, 0.3) is 0 Å². The van der Waals surface area contributed by atoms with Crippen molar-refractivity contribution < 1.29 is 18.9 Å². The zero-order valence-corrected chi connectivity index (χ0v) is 16.0.